The fraction of sp³-hybridized carbons (Fsp3) is 0.391. The molecule has 0 radical (unpaired) electrons. The number of hydrogen-bond acceptors (Lipinski definition) is 2. The highest BCUT2D eigenvalue weighted by atomic mass is 19.1. The van der Waals surface area contributed by atoms with Gasteiger partial charge in [0.25, 0.3) is 5.91 Å². The second-order valence-electron chi connectivity index (χ2n) is 8.18. The Morgan fingerprint density at radius 1 is 1.21 bits per heavy atom. The molecular formula is C23H28FN4O+. The van der Waals surface area contributed by atoms with Gasteiger partial charge in [-0.3, -0.25) is 4.79 Å². The molecule has 1 aliphatic rings. The average molecular weight is 396 g/mol. The van der Waals surface area contributed by atoms with Gasteiger partial charge in [-0.1, -0.05) is 6.92 Å². The van der Waals surface area contributed by atoms with Crippen LogP contribution in [0.3, 0.4) is 0 Å². The summed E-state index contributed by atoms with van der Waals surface area (Å²) in [6, 6.07) is 11.3. The fourth-order valence-electron chi connectivity index (χ4n) is 4.06. The van der Waals surface area contributed by atoms with Crippen molar-refractivity contribution in [3.8, 4) is 0 Å². The first-order chi connectivity index (χ1) is 14.0. The lowest BCUT2D eigenvalue weighted by Gasteiger charge is -2.27. The van der Waals surface area contributed by atoms with Crippen LogP contribution in [0.15, 0.2) is 42.5 Å². The van der Waals surface area contributed by atoms with Crippen molar-refractivity contribution in [1.29, 1.82) is 0 Å². The number of imidazole rings is 1. The first-order valence-corrected chi connectivity index (χ1v) is 10.4. The van der Waals surface area contributed by atoms with Crippen molar-refractivity contribution in [3.63, 3.8) is 0 Å². The van der Waals surface area contributed by atoms with Gasteiger partial charge in [0.05, 0.1) is 37.1 Å². The van der Waals surface area contributed by atoms with Crippen LogP contribution in [-0.2, 0) is 13.5 Å². The van der Waals surface area contributed by atoms with Crippen LogP contribution in [-0.4, -0.2) is 35.1 Å². The number of hydrogen-bond donors (Lipinski definition) is 2. The smallest absolute Gasteiger partial charge is 0.255 e. The van der Waals surface area contributed by atoms with Gasteiger partial charge in [-0.25, -0.2) is 9.37 Å². The Balaban J connectivity index is 1.45. The molecule has 4 rings (SSSR count). The predicted molar refractivity (Wildman–Crippen MR) is 113 cm³/mol. The molecule has 1 aliphatic heterocycles. The number of halogens is 1. The predicted octanol–water partition coefficient (Wildman–Crippen LogP) is 2.82. The molecule has 152 valence electrons. The number of carbonyl (C=O) groups excluding carboxylic acids is 1. The Morgan fingerprint density at radius 2 is 1.93 bits per heavy atom. The Hall–Kier alpha value is -2.73. The molecule has 1 amide bonds. The second kappa shape index (κ2) is 8.33. The number of nitrogens with one attached hydrogen (secondary N) is 2. The quantitative estimate of drug-likeness (QED) is 0.698. The summed E-state index contributed by atoms with van der Waals surface area (Å²) in [6.07, 6.45) is 3.58. The topological polar surface area (TPSA) is 51.4 Å². The van der Waals surface area contributed by atoms with Gasteiger partial charge in [-0.15, -0.1) is 0 Å². The lowest BCUT2D eigenvalue weighted by Crippen LogP contribution is -3.13. The van der Waals surface area contributed by atoms with Gasteiger partial charge in [-0.2, -0.15) is 0 Å². The molecule has 1 aromatic heterocycles. The van der Waals surface area contributed by atoms with Crippen LogP contribution in [0.4, 0.5) is 10.1 Å². The standard InChI is InChI=1S/C23H27FN4O/c1-16-9-12-28(13-10-16)14-11-22-26-20-15-19(7-8-21(20)27(22)2)25-23(29)17-3-5-18(24)6-4-17/h3-8,15-16H,9-14H2,1-2H3,(H,25,29)/p+1. The van der Waals surface area contributed by atoms with E-state index in [9.17, 15) is 9.18 Å². The molecule has 0 bridgehead atoms. The summed E-state index contributed by atoms with van der Waals surface area (Å²) < 4.78 is 15.2. The summed E-state index contributed by atoms with van der Waals surface area (Å²) in [5.74, 6) is 1.32. The zero-order chi connectivity index (χ0) is 20.4. The highest BCUT2D eigenvalue weighted by molar-refractivity contribution is 6.04. The molecule has 1 saturated heterocycles. The molecule has 1 fully saturated rings. The van der Waals surface area contributed by atoms with Gasteiger partial charge in [0.2, 0.25) is 0 Å². The van der Waals surface area contributed by atoms with Crippen LogP contribution in [0.2, 0.25) is 0 Å². The molecule has 0 atom stereocenters. The zero-order valence-electron chi connectivity index (χ0n) is 17.0. The van der Waals surface area contributed by atoms with Crippen LogP contribution in [0, 0.1) is 11.7 Å². The van der Waals surface area contributed by atoms with E-state index in [4.69, 9.17) is 4.98 Å². The largest absolute Gasteiger partial charge is 0.335 e. The third-order valence-corrected chi connectivity index (χ3v) is 6.02. The fourth-order valence-corrected chi connectivity index (χ4v) is 4.06. The van der Waals surface area contributed by atoms with Crippen molar-refractivity contribution in [1.82, 2.24) is 9.55 Å². The Bertz CT molecular complexity index is 1000. The van der Waals surface area contributed by atoms with E-state index in [1.807, 2.05) is 18.2 Å². The molecule has 0 saturated carbocycles. The molecule has 2 aromatic carbocycles. The number of aromatic nitrogens is 2. The third-order valence-electron chi connectivity index (χ3n) is 6.02. The summed E-state index contributed by atoms with van der Waals surface area (Å²) >= 11 is 0. The van der Waals surface area contributed by atoms with E-state index in [0.29, 0.717) is 11.3 Å². The van der Waals surface area contributed by atoms with Crippen molar-refractivity contribution < 1.29 is 14.1 Å². The SMILES string of the molecule is CC1CC[NH+](CCc2nc3cc(NC(=O)c4ccc(F)cc4)ccc3n2C)CC1. The molecule has 6 heteroatoms. The third kappa shape index (κ3) is 4.48. The van der Waals surface area contributed by atoms with Crippen molar-refractivity contribution >= 4 is 22.6 Å². The summed E-state index contributed by atoms with van der Waals surface area (Å²) in [6.45, 7) is 5.96. The molecule has 2 heterocycles. The maximum absolute atomic E-state index is 13.0. The molecule has 29 heavy (non-hydrogen) atoms. The first-order valence-electron chi connectivity index (χ1n) is 10.4. The monoisotopic (exact) mass is 395 g/mol. The zero-order valence-corrected chi connectivity index (χ0v) is 17.0. The van der Waals surface area contributed by atoms with Crippen molar-refractivity contribution in [2.24, 2.45) is 13.0 Å². The minimum absolute atomic E-state index is 0.261. The normalized spacial score (nSPS) is 19.4. The van der Waals surface area contributed by atoms with Gasteiger partial charge in [-0.05, 0) is 61.2 Å². The van der Waals surface area contributed by atoms with Crippen molar-refractivity contribution in [2.75, 3.05) is 25.0 Å². The number of quaternary nitrogens is 1. The average Bonchev–Trinajstić information content (AvgIpc) is 3.03. The Kier molecular flexibility index (Phi) is 5.62. The highest BCUT2D eigenvalue weighted by Gasteiger charge is 2.19. The van der Waals surface area contributed by atoms with Crippen molar-refractivity contribution in [2.45, 2.75) is 26.2 Å². The Morgan fingerprint density at radius 3 is 2.66 bits per heavy atom. The minimum atomic E-state index is -0.357. The van der Waals surface area contributed by atoms with Gasteiger partial charge < -0.3 is 14.8 Å². The van der Waals surface area contributed by atoms with Crippen LogP contribution >= 0.6 is 0 Å². The maximum atomic E-state index is 13.0. The lowest BCUT2D eigenvalue weighted by atomic mass is 9.99. The second-order valence-corrected chi connectivity index (χ2v) is 8.18. The van der Waals surface area contributed by atoms with E-state index in [-0.39, 0.29) is 11.7 Å². The van der Waals surface area contributed by atoms with Gasteiger partial charge in [0.15, 0.2) is 0 Å². The number of piperidine rings is 1. The van der Waals surface area contributed by atoms with E-state index in [2.05, 4.69) is 23.9 Å². The summed E-state index contributed by atoms with van der Waals surface area (Å²) in [5.41, 5.74) is 3.04. The first kappa shape index (κ1) is 19.6. The highest BCUT2D eigenvalue weighted by Crippen LogP contribution is 2.20. The minimum Gasteiger partial charge on any atom is -0.335 e. The van der Waals surface area contributed by atoms with Crippen molar-refractivity contribution in [3.05, 3.63) is 59.7 Å². The molecule has 0 unspecified atom stereocenters. The number of fused-ring (bicyclic) bond motifs is 1. The number of carbonyl (C=O) groups is 1. The summed E-state index contributed by atoms with van der Waals surface area (Å²) in [7, 11) is 2.05. The lowest BCUT2D eigenvalue weighted by molar-refractivity contribution is -0.906. The molecular weight excluding hydrogens is 367 g/mol. The van der Waals surface area contributed by atoms with E-state index >= 15 is 0 Å². The molecule has 0 spiro atoms. The summed E-state index contributed by atoms with van der Waals surface area (Å²) in [4.78, 5) is 18.9. The van der Waals surface area contributed by atoms with Crippen LogP contribution in [0.5, 0.6) is 0 Å². The molecule has 2 N–H and O–H groups in total. The number of nitrogens with zero attached hydrogens (tertiary/aromatic N) is 2. The van der Waals surface area contributed by atoms with Gasteiger partial charge >= 0.3 is 0 Å². The molecule has 0 aliphatic carbocycles. The number of benzene rings is 2. The number of rotatable bonds is 5. The van der Waals surface area contributed by atoms with E-state index in [1.165, 1.54) is 50.2 Å². The van der Waals surface area contributed by atoms with Crippen LogP contribution < -0.4 is 10.2 Å². The van der Waals surface area contributed by atoms with Crippen LogP contribution in [0.25, 0.3) is 11.0 Å². The van der Waals surface area contributed by atoms with Gasteiger partial charge in [0, 0.05) is 18.3 Å². The summed E-state index contributed by atoms with van der Waals surface area (Å²) in [5, 5.41) is 2.87. The number of anilines is 1. The molecule has 3 aromatic rings. The van der Waals surface area contributed by atoms with E-state index in [1.54, 1.807) is 4.90 Å². The van der Waals surface area contributed by atoms with Gasteiger partial charge in [0.1, 0.15) is 11.6 Å². The number of amides is 1. The Labute approximate surface area is 170 Å². The molecule has 5 nitrogen and oxygen atoms in total. The van der Waals surface area contributed by atoms with E-state index < -0.39 is 0 Å². The van der Waals surface area contributed by atoms with E-state index in [0.717, 1.165) is 35.7 Å². The maximum Gasteiger partial charge on any atom is 0.255 e. The van der Waals surface area contributed by atoms with Crippen LogP contribution in [0.1, 0.15) is 35.9 Å². The number of likely N-dealkylation sites (tertiary alicyclic amines) is 1. The number of aryl methyl sites for hydroxylation is 1.